The normalized spacial score (nSPS) is 10.6. The van der Waals surface area contributed by atoms with Crippen molar-refractivity contribution in [2.45, 2.75) is 19.4 Å². The zero-order valence-corrected chi connectivity index (χ0v) is 22.2. The van der Waals surface area contributed by atoms with E-state index in [1.54, 1.807) is 19.1 Å². The van der Waals surface area contributed by atoms with Crippen molar-refractivity contribution in [3.05, 3.63) is 82.9 Å². The minimum absolute atomic E-state index is 0.0171. The Bertz CT molecular complexity index is 1430. The lowest BCUT2D eigenvalue weighted by Gasteiger charge is -2.15. The van der Waals surface area contributed by atoms with Gasteiger partial charge in [-0.3, -0.25) is 14.4 Å². The first-order valence-electron chi connectivity index (χ1n) is 11.3. The van der Waals surface area contributed by atoms with Gasteiger partial charge >= 0.3 is 15.6 Å². The highest BCUT2D eigenvalue weighted by Gasteiger charge is 2.49. The molecule has 0 saturated heterocycles. The van der Waals surface area contributed by atoms with Crippen molar-refractivity contribution in [1.82, 2.24) is 0 Å². The number of ether oxygens (including phenoxy) is 2. The predicted octanol–water partition coefficient (Wildman–Crippen LogP) is 5.51. The average molecular weight is 607 g/mol. The SMILES string of the molecule is CCOc1c(F)ccc(C=O)c1O.CCOc1c(F)ccc(C=O)c1OS(=O)(=O)C(F)(F)F.O=Cc1ccccc1. The molecule has 0 aliphatic rings. The lowest BCUT2D eigenvalue weighted by molar-refractivity contribution is -0.0501. The molecule has 0 fully saturated rings. The van der Waals surface area contributed by atoms with E-state index in [1.807, 2.05) is 18.2 Å². The van der Waals surface area contributed by atoms with Crippen LogP contribution in [0.5, 0.6) is 23.0 Å². The van der Waals surface area contributed by atoms with Crippen LogP contribution in [0.15, 0.2) is 54.6 Å². The van der Waals surface area contributed by atoms with E-state index in [9.17, 15) is 49.9 Å². The highest BCUT2D eigenvalue weighted by molar-refractivity contribution is 7.88. The Morgan fingerprint density at radius 3 is 1.66 bits per heavy atom. The third kappa shape index (κ3) is 9.86. The Labute approximate surface area is 231 Å². The fourth-order valence-corrected chi connectivity index (χ4v) is 3.12. The summed E-state index contributed by atoms with van der Waals surface area (Å²) in [5, 5.41) is 9.30. The molecule has 0 unspecified atom stereocenters. The molecule has 3 rings (SSSR count). The first-order valence-corrected chi connectivity index (χ1v) is 12.7. The molecule has 0 heterocycles. The van der Waals surface area contributed by atoms with E-state index >= 15 is 0 Å². The second kappa shape index (κ2) is 15.9. The van der Waals surface area contributed by atoms with Crippen LogP contribution in [0, 0.1) is 11.6 Å². The number of hydrogen-bond acceptors (Lipinski definition) is 9. The van der Waals surface area contributed by atoms with Gasteiger partial charge in [-0.1, -0.05) is 30.3 Å². The summed E-state index contributed by atoms with van der Waals surface area (Å²) in [6.07, 6.45) is 1.29. The molecule has 0 saturated carbocycles. The molecule has 0 aliphatic carbocycles. The number of hydrogen-bond donors (Lipinski definition) is 1. The minimum atomic E-state index is -6.05. The minimum Gasteiger partial charge on any atom is -0.504 e. The number of rotatable bonds is 9. The van der Waals surface area contributed by atoms with Crippen LogP contribution in [0.3, 0.4) is 0 Å². The Morgan fingerprint density at radius 1 is 0.732 bits per heavy atom. The maximum atomic E-state index is 13.4. The van der Waals surface area contributed by atoms with Gasteiger partial charge < -0.3 is 18.8 Å². The molecule has 0 aromatic heterocycles. The van der Waals surface area contributed by atoms with Crippen molar-refractivity contribution in [3.63, 3.8) is 0 Å². The summed E-state index contributed by atoms with van der Waals surface area (Å²) >= 11 is 0. The molecule has 1 N–H and O–H groups in total. The van der Waals surface area contributed by atoms with Crippen LogP contribution < -0.4 is 13.7 Å². The van der Waals surface area contributed by atoms with Crippen LogP contribution in [-0.4, -0.2) is 51.1 Å². The van der Waals surface area contributed by atoms with Gasteiger partial charge in [-0.15, -0.1) is 0 Å². The molecule has 9 nitrogen and oxygen atoms in total. The van der Waals surface area contributed by atoms with Crippen LogP contribution in [0.2, 0.25) is 0 Å². The lowest BCUT2D eigenvalue weighted by Crippen LogP contribution is -2.28. The number of aldehydes is 3. The number of alkyl halides is 3. The van der Waals surface area contributed by atoms with Gasteiger partial charge in [-0.05, 0) is 38.1 Å². The van der Waals surface area contributed by atoms with Gasteiger partial charge in [0.15, 0.2) is 47.2 Å². The van der Waals surface area contributed by atoms with Gasteiger partial charge in [0.05, 0.1) is 24.3 Å². The topological polar surface area (TPSA) is 133 Å². The van der Waals surface area contributed by atoms with Gasteiger partial charge in [0.25, 0.3) is 0 Å². The number of carbonyl (C=O) groups is 3. The molecule has 3 aromatic rings. The molecular weight excluding hydrogens is 583 g/mol. The second-order valence-electron chi connectivity index (χ2n) is 7.22. The maximum Gasteiger partial charge on any atom is 0.534 e. The standard InChI is InChI=1S/C10H8F4O5S.C9H9FO3.C7H6O/c1-2-18-9-7(11)4-3-6(5-15)8(9)19-20(16,17)10(12,13)14;1-2-13-9-7(10)4-3-6(5-11)8(9)12;8-6-7-4-2-1-3-5-7/h3-5H,2H2,1H3;3-5,12H,2H2,1H3;1-6H. The molecule has 0 bridgehead atoms. The Morgan fingerprint density at radius 2 is 1.22 bits per heavy atom. The highest BCUT2D eigenvalue weighted by atomic mass is 32.2. The van der Waals surface area contributed by atoms with E-state index in [0.717, 1.165) is 30.0 Å². The molecule has 0 aliphatic heterocycles. The summed E-state index contributed by atoms with van der Waals surface area (Å²) in [5.74, 6) is -4.58. The van der Waals surface area contributed by atoms with Crippen LogP contribution in [0.25, 0.3) is 0 Å². The van der Waals surface area contributed by atoms with E-state index < -0.39 is 50.1 Å². The monoisotopic (exact) mass is 606 g/mol. The third-order valence-electron chi connectivity index (χ3n) is 4.45. The first-order chi connectivity index (χ1) is 19.3. The van der Waals surface area contributed by atoms with Crippen molar-refractivity contribution in [2.24, 2.45) is 0 Å². The summed E-state index contributed by atoms with van der Waals surface area (Å²) in [6.45, 7) is 3.09. The Balaban J connectivity index is 0.000000340. The molecule has 0 spiro atoms. The van der Waals surface area contributed by atoms with Crippen LogP contribution in [-0.2, 0) is 10.1 Å². The average Bonchev–Trinajstić information content (AvgIpc) is 2.93. The molecule has 0 radical (unpaired) electrons. The van der Waals surface area contributed by atoms with Gasteiger partial charge in [-0.25, -0.2) is 8.78 Å². The molecular formula is C26H23F5O9S. The van der Waals surface area contributed by atoms with E-state index in [4.69, 9.17) is 4.74 Å². The first kappa shape index (κ1) is 34.5. The number of aromatic hydroxyl groups is 1. The summed E-state index contributed by atoms with van der Waals surface area (Å²) < 4.78 is 98.2. The molecule has 41 heavy (non-hydrogen) atoms. The Hall–Kier alpha value is -4.53. The van der Waals surface area contributed by atoms with Gasteiger partial charge in [0, 0.05) is 5.56 Å². The third-order valence-corrected chi connectivity index (χ3v) is 5.41. The highest BCUT2D eigenvalue weighted by Crippen LogP contribution is 2.37. The summed E-state index contributed by atoms with van der Waals surface area (Å²) in [7, 11) is -6.05. The fraction of sp³-hybridized carbons (Fsp3) is 0.192. The molecule has 0 atom stereocenters. The van der Waals surface area contributed by atoms with Gasteiger partial charge in [0.2, 0.25) is 0 Å². The summed E-state index contributed by atoms with van der Waals surface area (Å²) in [4.78, 5) is 31.1. The van der Waals surface area contributed by atoms with Crippen molar-refractivity contribution in [1.29, 1.82) is 0 Å². The van der Waals surface area contributed by atoms with Crippen molar-refractivity contribution >= 4 is 29.0 Å². The van der Waals surface area contributed by atoms with E-state index in [-0.39, 0.29) is 30.8 Å². The van der Waals surface area contributed by atoms with Crippen molar-refractivity contribution in [3.8, 4) is 23.0 Å². The van der Waals surface area contributed by atoms with Crippen molar-refractivity contribution < 1.29 is 63.5 Å². The van der Waals surface area contributed by atoms with Crippen LogP contribution in [0.1, 0.15) is 44.9 Å². The number of phenolic OH excluding ortho intramolecular Hbond substituents is 1. The number of halogens is 5. The maximum absolute atomic E-state index is 13.4. The van der Waals surface area contributed by atoms with E-state index in [0.29, 0.717) is 6.29 Å². The quantitative estimate of drug-likeness (QED) is 0.145. The number of carbonyl (C=O) groups excluding carboxylic acids is 3. The van der Waals surface area contributed by atoms with Crippen LogP contribution in [0.4, 0.5) is 22.0 Å². The number of benzene rings is 3. The molecule has 3 aromatic carbocycles. The zero-order chi connectivity index (χ0) is 31.2. The zero-order valence-electron chi connectivity index (χ0n) is 21.4. The predicted molar refractivity (Wildman–Crippen MR) is 135 cm³/mol. The van der Waals surface area contributed by atoms with Gasteiger partial charge in [0.1, 0.15) is 6.29 Å². The van der Waals surface area contributed by atoms with Crippen LogP contribution >= 0.6 is 0 Å². The summed E-state index contributed by atoms with van der Waals surface area (Å²) in [6, 6.07) is 12.9. The largest absolute Gasteiger partial charge is 0.534 e. The molecule has 222 valence electrons. The van der Waals surface area contributed by atoms with Crippen molar-refractivity contribution in [2.75, 3.05) is 13.2 Å². The molecule has 0 amide bonds. The molecule has 15 heteroatoms. The Kier molecular flexibility index (Phi) is 13.4. The second-order valence-corrected chi connectivity index (χ2v) is 8.76. The fourth-order valence-electron chi connectivity index (χ4n) is 2.64. The number of phenols is 1. The van der Waals surface area contributed by atoms with E-state index in [1.165, 1.54) is 13.0 Å². The summed E-state index contributed by atoms with van der Waals surface area (Å²) in [5.41, 5.74) is -5.57. The smallest absolute Gasteiger partial charge is 0.504 e. The lowest BCUT2D eigenvalue weighted by atomic mass is 10.2. The van der Waals surface area contributed by atoms with Gasteiger partial charge in [-0.2, -0.15) is 21.6 Å². The van der Waals surface area contributed by atoms with E-state index in [2.05, 4.69) is 8.92 Å².